The smallest absolute Gasteiger partial charge is 0.136 e. The highest BCUT2D eigenvalue weighted by atomic mass is 16.3. The molecular weight excluding hydrogens is 406 g/mol. The molecule has 33 heavy (non-hydrogen) atoms. The van der Waals surface area contributed by atoms with Crippen molar-refractivity contribution in [2.45, 2.75) is 0 Å². The standard InChI is InChI=1S/C30H19NO2/c31-30-20(18-10-6-16-26-28(18)22-8-1-3-14-24(22)32-26)12-5-13-21(30)19-11-7-17-27-29(19)23-9-2-4-15-25(23)33-27/h1-17H,31H2. The number of para-hydroxylation sites is 3. The number of fused-ring (bicyclic) bond motifs is 6. The second kappa shape index (κ2) is 6.75. The second-order valence-electron chi connectivity index (χ2n) is 8.32. The normalized spacial score (nSPS) is 11.8. The van der Waals surface area contributed by atoms with Gasteiger partial charge in [-0.25, -0.2) is 0 Å². The van der Waals surface area contributed by atoms with Gasteiger partial charge in [-0.3, -0.25) is 0 Å². The van der Waals surface area contributed by atoms with Crippen LogP contribution in [-0.2, 0) is 0 Å². The van der Waals surface area contributed by atoms with Crippen LogP contribution in [0.25, 0.3) is 66.1 Å². The summed E-state index contributed by atoms with van der Waals surface area (Å²) in [6.45, 7) is 0. The van der Waals surface area contributed by atoms with Gasteiger partial charge in [-0.2, -0.15) is 0 Å². The van der Waals surface area contributed by atoms with E-state index in [0.29, 0.717) is 0 Å². The van der Waals surface area contributed by atoms with Crippen LogP contribution < -0.4 is 5.73 Å². The number of nitrogens with two attached hydrogens (primary N) is 1. The average molecular weight is 425 g/mol. The first kappa shape index (κ1) is 18.1. The van der Waals surface area contributed by atoms with E-state index < -0.39 is 0 Å². The zero-order valence-electron chi connectivity index (χ0n) is 17.7. The van der Waals surface area contributed by atoms with E-state index in [1.807, 2.05) is 60.7 Å². The lowest BCUT2D eigenvalue weighted by Crippen LogP contribution is -1.95. The van der Waals surface area contributed by atoms with E-state index in [9.17, 15) is 0 Å². The van der Waals surface area contributed by atoms with Crippen molar-refractivity contribution in [3.63, 3.8) is 0 Å². The van der Waals surface area contributed by atoms with Crippen molar-refractivity contribution in [3.05, 3.63) is 103 Å². The van der Waals surface area contributed by atoms with Crippen LogP contribution in [0.2, 0.25) is 0 Å². The SMILES string of the molecule is Nc1c(-c2cccc3oc4ccccc4c23)cccc1-c1cccc2oc3ccccc3c12. The largest absolute Gasteiger partial charge is 0.456 e. The van der Waals surface area contributed by atoms with Gasteiger partial charge in [-0.05, 0) is 35.4 Å². The minimum Gasteiger partial charge on any atom is -0.456 e. The third-order valence-electron chi connectivity index (χ3n) is 6.49. The summed E-state index contributed by atoms with van der Waals surface area (Å²) in [7, 11) is 0. The van der Waals surface area contributed by atoms with Crippen LogP contribution in [0, 0.1) is 0 Å². The molecule has 3 heteroatoms. The summed E-state index contributed by atoms with van der Waals surface area (Å²) in [5.41, 5.74) is 15.3. The molecule has 0 atom stereocenters. The fourth-order valence-corrected chi connectivity index (χ4v) is 5.03. The fourth-order valence-electron chi connectivity index (χ4n) is 5.03. The van der Waals surface area contributed by atoms with E-state index >= 15 is 0 Å². The molecule has 0 bridgehead atoms. The van der Waals surface area contributed by atoms with Crippen LogP contribution >= 0.6 is 0 Å². The second-order valence-corrected chi connectivity index (χ2v) is 8.32. The van der Waals surface area contributed by atoms with Crippen molar-refractivity contribution in [3.8, 4) is 22.3 Å². The van der Waals surface area contributed by atoms with Crippen LogP contribution in [0.5, 0.6) is 0 Å². The summed E-state index contributed by atoms with van der Waals surface area (Å²) in [6, 6.07) is 34.8. The molecule has 156 valence electrons. The third kappa shape index (κ3) is 2.56. The van der Waals surface area contributed by atoms with Gasteiger partial charge < -0.3 is 14.6 Å². The molecule has 0 aliphatic heterocycles. The van der Waals surface area contributed by atoms with Crippen LogP contribution in [-0.4, -0.2) is 0 Å². The van der Waals surface area contributed by atoms with Crippen molar-refractivity contribution in [2.75, 3.05) is 5.73 Å². The number of benzene rings is 5. The van der Waals surface area contributed by atoms with Crippen LogP contribution in [0.15, 0.2) is 112 Å². The molecule has 0 spiro atoms. The summed E-state index contributed by atoms with van der Waals surface area (Å²) in [4.78, 5) is 0. The first-order chi connectivity index (χ1) is 16.3. The van der Waals surface area contributed by atoms with Crippen molar-refractivity contribution in [2.24, 2.45) is 0 Å². The van der Waals surface area contributed by atoms with Crippen molar-refractivity contribution >= 4 is 49.6 Å². The summed E-state index contributed by atoms with van der Waals surface area (Å²) >= 11 is 0. The van der Waals surface area contributed by atoms with E-state index in [4.69, 9.17) is 14.6 Å². The molecule has 0 saturated heterocycles. The lowest BCUT2D eigenvalue weighted by atomic mass is 9.92. The van der Waals surface area contributed by atoms with E-state index in [-0.39, 0.29) is 0 Å². The van der Waals surface area contributed by atoms with Crippen LogP contribution in [0.4, 0.5) is 5.69 Å². The Morgan fingerprint density at radius 2 is 0.788 bits per heavy atom. The molecule has 3 nitrogen and oxygen atoms in total. The zero-order chi connectivity index (χ0) is 21.9. The highest BCUT2D eigenvalue weighted by Gasteiger charge is 2.18. The Balaban J connectivity index is 1.53. The van der Waals surface area contributed by atoms with Gasteiger partial charge in [0.1, 0.15) is 22.3 Å². The van der Waals surface area contributed by atoms with Crippen LogP contribution in [0.1, 0.15) is 0 Å². The molecule has 0 fully saturated rings. The molecule has 7 rings (SSSR count). The van der Waals surface area contributed by atoms with E-state index in [1.165, 1.54) is 0 Å². The molecule has 0 saturated carbocycles. The van der Waals surface area contributed by atoms with Gasteiger partial charge in [0.2, 0.25) is 0 Å². The van der Waals surface area contributed by atoms with Gasteiger partial charge in [0, 0.05) is 38.4 Å². The average Bonchev–Trinajstić information content (AvgIpc) is 3.42. The van der Waals surface area contributed by atoms with E-state index in [0.717, 1.165) is 71.8 Å². The maximum atomic E-state index is 6.89. The predicted octanol–water partition coefficient (Wildman–Crippen LogP) is 8.40. The summed E-state index contributed by atoms with van der Waals surface area (Å²) in [5.74, 6) is 0. The van der Waals surface area contributed by atoms with Gasteiger partial charge in [0.25, 0.3) is 0 Å². The Bertz CT molecular complexity index is 1710. The molecule has 2 aromatic heterocycles. The molecule has 0 amide bonds. The molecule has 0 aliphatic rings. The van der Waals surface area contributed by atoms with Crippen molar-refractivity contribution in [1.82, 2.24) is 0 Å². The van der Waals surface area contributed by atoms with Gasteiger partial charge >= 0.3 is 0 Å². The lowest BCUT2D eigenvalue weighted by molar-refractivity contribution is 0.668. The molecule has 2 heterocycles. The Morgan fingerprint density at radius 1 is 0.394 bits per heavy atom. The number of rotatable bonds is 2. The minimum absolute atomic E-state index is 0.744. The number of nitrogen functional groups attached to an aromatic ring is 1. The first-order valence-corrected chi connectivity index (χ1v) is 11.0. The van der Waals surface area contributed by atoms with Crippen molar-refractivity contribution in [1.29, 1.82) is 0 Å². The Hall–Kier alpha value is -4.50. The predicted molar refractivity (Wildman–Crippen MR) is 136 cm³/mol. The van der Waals surface area contributed by atoms with E-state index in [2.05, 4.69) is 42.5 Å². The highest BCUT2D eigenvalue weighted by molar-refractivity contribution is 6.16. The highest BCUT2D eigenvalue weighted by Crippen LogP contribution is 2.44. The monoisotopic (exact) mass is 425 g/mol. The fraction of sp³-hybridized carbons (Fsp3) is 0. The number of hydrogen-bond donors (Lipinski definition) is 1. The topological polar surface area (TPSA) is 52.3 Å². The molecule has 0 radical (unpaired) electrons. The van der Waals surface area contributed by atoms with Gasteiger partial charge in [0.05, 0.1) is 0 Å². The molecule has 2 N–H and O–H groups in total. The minimum atomic E-state index is 0.744. The molecule has 0 aliphatic carbocycles. The number of hydrogen-bond acceptors (Lipinski definition) is 3. The van der Waals surface area contributed by atoms with Crippen LogP contribution in [0.3, 0.4) is 0 Å². The van der Waals surface area contributed by atoms with Crippen molar-refractivity contribution < 1.29 is 8.83 Å². The maximum Gasteiger partial charge on any atom is 0.136 e. The molecule has 7 aromatic rings. The number of furan rings is 2. The maximum absolute atomic E-state index is 6.89. The number of anilines is 1. The zero-order valence-corrected chi connectivity index (χ0v) is 17.7. The molecular formula is C30H19NO2. The Morgan fingerprint density at radius 3 is 1.30 bits per heavy atom. The lowest BCUT2D eigenvalue weighted by Gasteiger charge is -2.13. The first-order valence-electron chi connectivity index (χ1n) is 11.0. The Kier molecular flexibility index (Phi) is 3.70. The quantitative estimate of drug-likeness (QED) is 0.283. The molecule has 0 unspecified atom stereocenters. The van der Waals surface area contributed by atoms with Gasteiger partial charge in [0.15, 0.2) is 0 Å². The summed E-state index contributed by atoms with van der Waals surface area (Å²) in [5, 5.41) is 4.36. The summed E-state index contributed by atoms with van der Waals surface area (Å²) in [6.07, 6.45) is 0. The van der Waals surface area contributed by atoms with Gasteiger partial charge in [-0.15, -0.1) is 0 Å². The van der Waals surface area contributed by atoms with E-state index in [1.54, 1.807) is 0 Å². The Labute approximate surface area is 189 Å². The van der Waals surface area contributed by atoms with Gasteiger partial charge in [-0.1, -0.05) is 78.9 Å². The third-order valence-corrected chi connectivity index (χ3v) is 6.49. The summed E-state index contributed by atoms with van der Waals surface area (Å²) < 4.78 is 12.2. The molecule has 5 aromatic carbocycles.